The van der Waals surface area contributed by atoms with Crippen LogP contribution in [-0.2, 0) is 4.74 Å². The lowest BCUT2D eigenvalue weighted by atomic mass is 9.95. The van der Waals surface area contributed by atoms with E-state index < -0.39 is 5.60 Å². The van der Waals surface area contributed by atoms with Gasteiger partial charge in [-0.3, -0.25) is 0 Å². The van der Waals surface area contributed by atoms with Crippen LogP contribution in [-0.4, -0.2) is 42.8 Å². The van der Waals surface area contributed by atoms with Gasteiger partial charge in [0.05, 0.1) is 0 Å². The second-order valence-electron chi connectivity index (χ2n) is 6.65. The Bertz CT molecular complexity index is 278. The Morgan fingerprint density at radius 2 is 1.80 bits per heavy atom. The molecule has 0 rings (SSSR count). The zero-order chi connectivity index (χ0) is 15.8. The van der Waals surface area contributed by atoms with Gasteiger partial charge in [-0.05, 0) is 45.8 Å². The van der Waals surface area contributed by atoms with Crippen LogP contribution in [0.5, 0.6) is 0 Å². The minimum atomic E-state index is -0.442. The summed E-state index contributed by atoms with van der Waals surface area (Å²) in [6.07, 6.45) is 1.78. The lowest BCUT2D eigenvalue weighted by Crippen LogP contribution is -2.41. The van der Waals surface area contributed by atoms with E-state index >= 15 is 0 Å². The van der Waals surface area contributed by atoms with Gasteiger partial charge >= 0.3 is 6.09 Å². The number of carbonyl (C=O) groups is 1. The average Bonchev–Trinajstić information content (AvgIpc) is 2.26. The third-order valence-corrected chi connectivity index (χ3v) is 3.83. The zero-order valence-corrected chi connectivity index (χ0v) is 14.9. The SMILES string of the molecule is CSCC(C)NCC(CNC(=O)OC(C)(C)C)C(C)C. The zero-order valence-electron chi connectivity index (χ0n) is 14.1. The van der Waals surface area contributed by atoms with E-state index in [1.165, 1.54) is 0 Å². The number of nitrogens with one attached hydrogen (secondary N) is 2. The van der Waals surface area contributed by atoms with E-state index in [4.69, 9.17) is 4.74 Å². The summed E-state index contributed by atoms with van der Waals surface area (Å²) in [4.78, 5) is 11.7. The number of thioether (sulfide) groups is 1. The fraction of sp³-hybridized carbons (Fsp3) is 0.933. The van der Waals surface area contributed by atoms with Gasteiger partial charge in [0.1, 0.15) is 5.60 Å². The van der Waals surface area contributed by atoms with Crippen molar-refractivity contribution in [3.8, 4) is 0 Å². The molecule has 0 saturated carbocycles. The predicted molar refractivity (Wildman–Crippen MR) is 88.4 cm³/mol. The Morgan fingerprint density at radius 1 is 1.20 bits per heavy atom. The number of rotatable bonds is 8. The molecular formula is C15H32N2O2S. The first-order chi connectivity index (χ1) is 9.15. The molecule has 0 saturated heterocycles. The van der Waals surface area contributed by atoms with Crippen molar-refractivity contribution in [2.75, 3.05) is 25.1 Å². The predicted octanol–water partition coefficient (Wildman–Crippen LogP) is 3.12. The molecule has 20 heavy (non-hydrogen) atoms. The molecule has 4 nitrogen and oxygen atoms in total. The lowest BCUT2D eigenvalue weighted by molar-refractivity contribution is 0.0514. The van der Waals surface area contributed by atoms with Crippen molar-refractivity contribution in [1.82, 2.24) is 10.6 Å². The van der Waals surface area contributed by atoms with E-state index in [0.717, 1.165) is 12.3 Å². The Hall–Kier alpha value is -0.420. The number of ether oxygens (including phenoxy) is 1. The molecule has 120 valence electrons. The van der Waals surface area contributed by atoms with Gasteiger partial charge in [-0.2, -0.15) is 11.8 Å². The molecule has 0 aromatic rings. The highest BCUT2D eigenvalue weighted by molar-refractivity contribution is 7.98. The topological polar surface area (TPSA) is 50.4 Å². The standard InChI is InChI=1S/C15H32N2O2S/c1-11(2)13(8-16-12(3)10-20-7)9-17-14(18)19-15(4,5)6/h11-13,16H,8-10H2,1-7H3,(H,17,18). The largest absolute Gasteiger partial charge is 0.444 e. The Morgan fingerprint density at radius 3 is 2.25 bits per heavy atom. The number of carbonyl (C=O) groups excluding carboxylic acids is 1. The summed E-state index contributed by atoms with van der Waals surface area (Å²) in [6, 6.07) is 0.493. The van der Waals surface area contributed by atoms with Crippen molar-refractivity contribution in [3.63, 3.8) is 0 Å². The number of hydrogen-bond acceptors (Lipinski definition) is 4. The van der Waals surface area contributed by atoms with Crippen molar-refractivity contribution < 1.29 is 9.53 Å². The first-order valence-corrected chi connectivity index (χ1v) is 8.74. The second-order valence-corrected chi connectivity index (χ2v) is 7.56. The first-order valence-electron chi connectivity index (χ1n) is 7.35. The Kier molecular flexibility index (Phi) is 9.30. The van der Waals surface area contributed by atoms with Crippen LogP contribution in [0.2, 0.25) is 0 Å². The molecule has 1 amide bonds. The first kappa shape index (κ1) is 19.6. The van der Waals surface area contributed by atoms with Crippen molar-refractivity contribution in [2.24, 2.45) is 11.8 Å². The van der Waals surface area contributed by atoms with Crippen molar-refractivity contribution in [2.45, 2.75) is 53.2 Å². The molecular weight excluding hydrogens is 272 g/mol. The third kappa shape index (κ3) is 10.4. The van der Waals surface area contributed by atoms with Crippen LogP contribution >= 0.6 is 11.8 Å². The summed E-state index contributed by atoms with van der Waals surface area (Å²) < 4.78 is 5.26. The lowest BCUT2D eigenvalue weighted by Gasteiger charge is -2.25. The molecule has 0 bridgehead atoms. The summed E-state index contributed by atoms with van der Waals surface area (Å²) in [5.41, 5.74) is -0.442. The average molecular weight is 305 g/mol. The monoisotopic (exact) mass is 304 g/mol. The minimum Gasteiger partial charge on any atom is -0.444 e. The van der Waals surface area contributed by atoms with Crippen LogP contribution in [0.25, 0.3) is 0 Å². The normalized spacial score (nSPS) is 15.0. The maximum atomic E-state index is 11.7. The molecule has 0 aromatic heterocycles. The van der Waals surface area contributed by atoms with Crippen molar-refractivity contribution in [1.29, 1.82) is 0 Å². The van der Waals surface area contributed by atoms with Crippen LogP contribution in [0.3, 0.4) is 0 Å². The fourth-order valence-corrected chi connectivity index (χ4v) is 2.35. The highest BCUT2D eigenvalue weighted by Gasteiger charge is 2.19. The van der Waals surface area contributed by atoms with Gasteiger partial charge in [-0.15, -0.1) is 0 Å². The smallest absolute Gasteiger partial charge is 0.407 e. The highest BCUT2D eigenvalue weighted by atomic mass is 32.2. The van der Waals surface area contributed by atoms with Gasteiger partial charge in [-0.25, -0.2) is 4.79 Å². The van der Waals surface area contributed by atoms with E-state index in [2.05, 4.69) is 37.7 Å². The molecule has 2 unspecified atom stereocenters. The van der Waals surface area contributed by atoms with Crippen LogP contribution in [0.15, 0.2) is 0 Å². The van der Waals surface area contributed by atoms with E-state index in [-0.39, 0.29) is 6.09 Å². The summed E-state index contributed by atoms with van der Waals surface area (Å²) >= 11 is 1.84. The van der Waals surface area contributed by atoms with Gasteiger partial charge in [0, 0.05) is 24.9 Å². The van der Waals surface area contributed by atoms with Gasteiger partial charge in [0.25, 0.3) is 0 Å². The molecule has 0 heterocycles. The molecule has 0 aromatic carbocycles. The molecule has 2 N–H and O–H groups in total. The van der Waals surface area contributed by atoms with Crippen LogP contribution < -0.4 is 10.6 Å². The minimum absolute atomic E-state index is 0.333. The van der Waals surface area contributed by atoms with Crippen LogP contribution in [0.1, 0.15) is 41.5 Å². The molecule has 2 atom stereocenters. The van der Waals surface area contributed by atoms with Gasteiger partial charge < -0.3 is 15.4 Å². The quantitative estimate of drug-likeness (QED) is 0.723. The van der Waals surface area contributed by atoms with Gasteiger partial charge in [-0.1, -0.05) is 13.8 Å². The molecule has 5 heteroatoms. The van der Waals surface area contributed by atoms with E-state index in [1.54, 1.807) is 0 Å². The Labute approximate surface area is 128 Å². The number of amides is 1. The summed E-state index contributed by atoms with van der Waals surface area (Å²) in [6.45, 7) is 13.7. The van der Waals surface area contributed by atoms with Gasteiger partial charge in [0.15, 0.2) is 0 Å². The maximum absolute atomic E-state index is 11.7. The second kappa shape index (κ2) is 9.50. The van der Waals surface area contributed by atoms with E-state index in [9.17, 15) is 4.79 Å². The molecule has 0 radical (unpaired) electrons. The van der Waals surface area contributed by atoms with E-state index in [1.807, 2.05) is 32.5 Å². The van der Waals surface area contributed by atoms with Crippen LogP contribution in [0.4, 0.5) is 4.79 Å². The fourth-order valence-electron chi connectivity index (χ4n) is 1.73. The van der Waals surface area contributed by atoms with Crippen molar-refractivity contribution in [3.05, 3.63) is 0 Å². The summed E-state index contributed by atoms with van der Waals surface area (Å²) in [7, 11) is 0. The molecule has 0 spiro atoms. The van der Waals surface area contributed by atoms with Gasteiger partial charge in [0.2, 0.25) is 0 Å². The molecule has 0 fully saturated rings. The maximum Gasteiger partial charge on any atom is 0.407 e. The third-order valence-electron chi connectivity index (χ3n) is 3.00. The summed E-state index contributed by atoms with van der Waals surface area (Å²) in [5.74, 6) is 2.02. The summed E-state index contributed by atoms with van der Waals surface area (Å²) in [5, 5.41) is 6.39. The molecule has 0 aliphatic heterocycles. The van der Waals surface area contributed by atoms with E-state index in [0.29, 0.717) is 24.4 Å². The molecule has 0 aliphatic rings. The van der Waals surface area contributed by atoms with Crippen molar-refractivity contribution >= 4 is 17.9 Å². The number of hydrogen-bond donors (Lipinski definition) is 2. The molecule has 0 aliphatic carbocycles. The highest BCUT2D eigenvalue weighted by Crippen LogP contribution is 2.11. The number of alkyl carbamates (subject to hydrolysis) is 1. The Balaban J connectivity index is 4.12. The van der Waals surface area contributed by atoms with Crippen LogP contribution in [0, 0.1) is 11.8 Å².